The minimum absolute atomic E-state index is 0.547. The Balaban J connectivity index is 1.16. The second-order valence-electron chi connectivity index (χ2n) is 15.5. The van der Waals surface area contributed by atoms with Crippen molar-refractivity contribution in [2.24, 2.45) is 0 Å². The highest BCUT2D eigenvalue weighted by Gasteiger charge is 2.25. The van der Waals surface area contributed by atoms with E-state index in [-0.39, 0.29) is 0 Å². The Kier molecular flexibility index (Phi) is 7.41. The molecular formula is C55H32N4OS. The molecule has 0 amide bonds. The van der Waals surface area contributed by atoms with Crippen molar-refractivity contribution in [3.05, 3.63) is 194 Å². The Morgan fingerprint density at radius 3 is 1.98 bits per heavy atom. The van der Waals surface area contributed by atoms with E-state index in [4.69, 9.17) is 19.4 Å². The van der Waals surface area contributed by atoms with E-state index < -0.39 is 0 Å². The maximum absolute atomic E-state index is 6.63. The van der Waals surface area contributed by atoms with E-state index in [0.717, 1.165) is 71.9 Å². The lowest BCUT2D eigenvalue weighted by Crippen LogP contribution is -2.04. The van der Waals surface area contributed by atoms with Crippen molar-refractivity contribution in [1.82, 2.24) is 19.5 Å². The van der Waals surface area contributed by atoms with Gasteiger partial charge in [-0.05, 0) is 76.5 Å². The van der Waals surface area contributed by atoms with Crippen LogP contribution < -0.4 is 0 Å². The lowest BCUT2D eigenvalue weighted by molar-refractivity contribution is 0.669. The number of hydrogen-bond acceptors (Lipinski definition) is 5. The Morgan fingerprint density at radius 2 is 1.08 bits per heavy atom. The summed E-state index contributed by atoms with van der Waals surface area (Å²) >= 11 is 1.80. The fraction of sp³-hybridized carbons (Fsp3) is 0. The van der Waals surface area contributed by atoms with Crippen LogP contribution in [0.1, 0.15) is 0 Å². The highest BCUT2D eigenvalue weighted by molar-refractivity contribution is 7.26. The summed E-state index contributed by atoms with van der Waals surface area (Å²) in [6.45, 7) is 0. The smallest absolute Gasteiger partial charge is 0.167 e. The summed E-state index contributed by atoms with van der Waals surface area (Å²) in [5.74, 6) is 1.72. The molecule has 0 atom stereocenters. The molecule has 0 N–H and O–H groups in total. The van der Waals surface area contributed by atoms with Gasteiger partial charge in [-0.15, -0.1) is 11.3 Å². The molecule has 0 saturated heterocycles. The standard InChI is InChI=1S/C55H32N4OS/c1-2-14-33(15-3-1)34-18-12-19-37(30-34)53-56-54(42-24-13-23-40-39-21-7-10-26-47(39)60-52(40)42)58-55(57-53)51-45(28-29-49-50(51)41-22-8-11-27-48(41)61-49)59-44-25-9-6-20-38(44)43-31-35-16-4-5-17-36(35)32-46(43)59/h1-32H. The van der Waals surface area contributed by atoms with Crippen LogP contribution in [0.2, 0.25) is 0 Å². The van der Waals surface area contributed by atoms with Crippen LogP contribution in [0, 0.1) is 0 Å². The third-order valence-corrected chi connectivity index (χ3v) is 13.2. The quantitative estimate of drug-likeness (QED) is 0.174. The molecule has 284 valence electrons. The molecule has 0 aliphatic carbocycles. The van der Waals surface area contributed by atoms with Gasteiger partial charge in [0.25, 0.3) is 0 Å². The first-order valence-electron chi connectivity index (χ1n) is 20.4. The van der Waals surface area contributed by atoms with Crippen LogP contribution in [0.25, 0.3) is 126 Å². The highest BCUT2D eigenvalue weighted by atomic mass is 32.1. The third kappa shape index (κ3) is 5.29. The predicted octanol–water partition coefficient (Wildman–Crippen LogP) is 15.1. The number of thiophene rings is 1. The van der Waals surface area contributed by atoms with Gasteiger partial charge in [0.2, 0.25) is 0 Å². The first-order chi connectivity index (χ1) is 30.2. The molecule has 0 aliphatic heterocycles. The van der Waals surface area contributed by atoms with Gasteiger partial charge in [0.1, 0.15) is 11.2 Å². The number of para-hydroxylation sites is 3. The zero-order valence-electron chi connectivity index (χ0n) is 32.6. The Bertz CT molecular complexity index is 3900. The van der Waals surface area contributed by atoms with Crippen molar-refractivity contribution in [1.29, 1.82) is 0 Å². The first-order valence-corrected chi connectivity index (χ1v) is 21.2. The summed E-state index contributed by atoms with van der Waals surface area (Å²) in [5.41, 5.74) is 9.69. The van der Waals surface area contributed by atoms with Crippen molar-refractivity contribution < 1.29 is 4.42 Å². The molecule has 5 nitrogen and oxygen atoms in total. The minimum Gasteiger partial charge on any atom is -0.455 e. The molecule has 4 aromatic heterocycles. The van der Waals surface area contributed by atoms with Gasteiger partial charge >= 0.3 is 0 Å². The highest BCUT2D eigenvalue weighted by Crippen LogP contribution is 2.46. The van der Waals surface area contributed by atoms with Gasteiger partial charge < -0.3 is 8.98 Å². The fourth-order valence-electron chi connectivity index (χ4n) is 9.26. The summed E-state index contributed by atoms with van der Waals surface area (Å²) in [4.78, 5) is 16.4. The zero-order chi connectivity index (χ0) is 40.0. The van der Waals surface area contributed by atoms with Gasteiger partial charge in [0.15, 0.2) is 17.5 Å². The summed E-state index contributed by atoms with van der Waals surface area (Å²) < 4.78 is 11.4. The van der Waals surface area contributed by atoms with E-state index in [0.29, 0.717) is 17.5 Å². The molecule has 0 unspecified atom stereocenters. The zero-order valence-corrected chi connectivity index (χ0v) is 33.4. The van der Waals surface area contributed by atoms with E-state index in [1.54, 1.807) is 11.3 Å². The number of nitrogens with zero attached hydrogens (tertiary/aromatic N) is 4. The average molecular weight is 797 g/mol. The maximum Gasteiger partial charge on any atom is 0.167 e. The van der Waals surface area contributed by atoms with Gasteiger partial charge in [0, 0.05) is 47.3 Å². The summed E-state index contributed by atoms with van der Waals surface area (Å²) in [7, 11) is 0. The molecule has 61 heavy (non-hydrogen) atoms. The van der Waals surface area contributed by atoms with Gasteiger partial charge in [0.05, 0.1) is 27.8 Å². The molecule has 9 aromatic carbocycles. The largest absolute Gasteiger partial charge is 0.455 e. The van der Waals surface area contributed by atoms with Crippen molar-refractivity contribution in [3.63, 3.8) is 0 Å². The molecule has 0 aliphatic rings. The van der Waals surface area contributed by atoms with E-state index in [1.807, 2.05) is 24.3 Å². The molecule has 0 radical (unpaired) electrons. The third-order valence-electron chi connectivity index (χ3n) is 12.0. The Hall–Kier alpha value is -7.93. The molecule has 0 saturated carbocycles. The minimum atomic E-state index is 0.547. The second-order valence-corrected chi connectivity index (χ2v) is 16.6. The van der Waals surface area contributed by atoms with Gasteiger partial charge in [-0.1, -0.05) is 140 Å². The van der Waals surface area contributed by atoms with Crippen LogP contribution in [0.3, 0.4) is 0 Å². The van der Waals surface area contributed by atoms with Crippen molar-refractivity contribution in [2.45, 2.75) is 0 Å². The van der Waals surface area contributed by atoms with Crippen molar-refractivity contribution in [2.75, 3.05) is 0 Å². The summed E-state index contributed by atoms with van der Waals surface area (Å²) in [6, 6.07) is 68.5. The molecule has 0 fully saturated rings. The van der Waals surface area contributed by atoms with Crippen LogP contribution >= 0.6 is 11.3 Å². The normalized spacial score (nSPS) is 11.9. The van der Waals surface area contributed by atoms with E-state index in [1.165, 1.54) is 36.3 Å². The van der Waals surface area contributed by atoms with Crippen LogP contribution in [-0.4, -0.2) is 19.5 Å². The molecule has 13 rings (SSSR count). The predicted molar refractivity (Wildman–Crippen MR) is 254 cm³/mol. The van der Waals surface area contributed by atoms with Crippen LogP contribution in [0.15, 0.2) is 199 Å². The average Bonchev–Trinajstić information content (AvgIpc) is 4.00. The number of benzene rings is 9. The molecule has 13 aromatic rings. The van der Waals surface area contributed by atoms with Gasteiger partial charge in [-0.3, -0.25) is 0 Å². The molecule has 4 heterocycles. The Labute approximate surface area is 353 Å². The molecule has 6 heteroatoms. The summed E-state index contributed by atoms with van der Waals surface area (Å²) in [6.07, 6.45) is 0. The van der Waals surface area contributed by atoms with E-state index in [9.17, 15) is 0 Å². The topological polar surface area (TPSA) is 56.7 Å². The van der Waals surface area contributed by atoms with Gasteiger partial charge in [-0.2, -0.15) is 0 Å². The second kappa shape index (κ2) is 13.3. The van der Waals surface area contributed by atoms with Crippen LogP contribution in [0.5, 0.6) is 0 Å². The number of fused-ring (bicyclic) bond motifs is 10. The monoisotopic (exact) mass is 796 g/mol. The van der Waals surface area contributed by atoms with E-state index in [2.05, 4.69) is 174 Å². The molecular weight excluding hydrogens is 765 g/mol. The lowest BCUT2D eigenvalue weighted by Gasteiger charge is -2.16. The first kappa shape index (κ1) is 34.0. The number of aromatic nitrogens is 4. The van der Waals surface area contributed by atoms with Crippen molar-refractivity contribution >= 4 is 86.0 Å². The summed E-state index contributed by atoms with van der Waals surface area (Å²) in [5, 5.41) is 9.14. The van der Waals surface area contributed by atoms with Gasteiger partial charge in [-0.25, -0.2) is 15.0 Å². The Morgan fingerprint density at radius 1 is 0.410 bits per heavy atom. The number of furan rings is 1. The molecule has 0 bridgehead atoms. The van der Waals surface area contributed by atoms with E-state index >= 15 is 0 Å². The fourth-order valence-corrected chi connectivity index (χ4v) is 10.4. The van der Waals surface area contributed by atoms with Crippen molar-refractivity contribution in [3.8, 4) is 51.0 Å². The SMILES string of the molecule is c1ccc(-c2cccc(-c3nc(-c4cccc5c4oc4ccccc45)nc(-c4c(-n5c6ccccc6c6cc7ccccc7cc65)ccc5sc6ccccc6c45)n3)c2)cc1. The maximum atomic E-state index is 6.63. The van der Waals surface area contributed by atoms with Crippen LogP contribution in [-0.2, 0) is 0 Å². The van der Waals surface area contributed by atoms with Crippen LogP contribution in [0.4, 0.5) is 0 Å². The lowest BCUT2D eigenvalue weighted by atomic mass is 10.0. The number of hydrogen-bond donors (Lipinski definition) is 0. The number of rotatable bonds is 5. The molecule has 0 spiro atoms.